The Labute approximate surface area is 110 Å². The molecule has 1 fully saturated rings. The highest BCUT2D eigenvalue weighted by Gasteiger charge is 2.10. The third kappa shape index (κ3) is 4.61. The summed E-state index contributed by atoms with van der Waals surface area (Å²) in [5.74, 6) is 0.921. The summed E-state index contributed by atoms with van der Waals surface area (Å²) in [5, 5.41) is 6.97. The SMILES string of the molecule is Cc1cc(NCCNC2CCCCCC2)ncn1. The van der Waals surface area contributed by atoms with Crippen LogP contribution in [0.2, 0.25) is 0 Å². The van der Waals surface area contributed by atoms with Gasteiger partial charge in [0.15, 0.2) is 0 Å². The van der Waals surface area contributed by atoms with Crippen molar-refractivity contribution in [1.82, 2.24) is 15.3 Å². The fourth-order valence-corrected chi connectivity index (χ4v) is 2.50. The molecule has 0 aliphatic heterocycles. The van der Waals surface area contributed by atoms with E-state index in [0.29, 0.717) is 0 Å². The largest absolute Gasteiger partial charge is 0.369 e. The van der Waals surface area contributed by atoms with Crippen LogP contribution in [0.5, 0.6) is 0 Å². The van der Waals surface area contributed by atoms with E-state index in [-0.39, 0.29) is 0 Å². The van der Waals surface area contributed by atoms with Crippen molar-refractivity contribution >= 4 is 5.82 Å². The maximum absolute atomic E-state index is 4.19. The minimum absolute atomic E-state index is 0.724. The summed E-state index contributed by atoms with van der Waals surface area (Å²) in [6, 6.07) is 2.70. The molecule has 0 spiro atoms. The van der Waals surface area contributed by atoms with E-state index < -0.39 is 0 Å². The highest BCUT2D eigenvalue weighted by atomic mass is 15.0. The van der Waals surface area contributed by atoms with E-state index in [0.717, 1.165) is 30.6 Å². The van der Waals surface area contributed by atoms with Crippen LogP contribution in [0.15, 0.2) is 12.4 Å². The standard InChI is InChI=1S/C14H24N4/c1-12-10-14(18-11-17-12)16-9-8-15-13-6-4-2-3-5-7-13/h10-11,13,15H,2-9H2,1H3,(H,16,17,18). The van der Waals surface area contributed by atoms with Crippen LogP contribution in [0.1, 0.15) is 44.2 Å². The Morgan fingerprint density at radius 1 is 1.11 bits per heavy atom. The van der Waals surface area contributed by atoms with Crippen molar-refractivity contribution in [1.29, 1.82) is 0 Å². The van der Waals surface area contributed by atoms with Crippen molar-refractivity contribution in [3.63, 3.8) is 0 Å². The Bertz CT molecular complexity index is 345. The van der Waals surface area contributed by atoms with Crippen LogP contribution in [0.3, 0.4) is 0 Å². The molecule has 0 saturated heterocycles. The molecular formula is C14H24N4. The van der Waals surface area contributed by atoms with Crippen LogP contribution in [-0.2, 0) is 0 Å². The predicted octanol–water partition coefficient (Wildman–Crippen LogP) is 2.51. The first-order chi connectivity index (χ1) is 8.84. The maximum atomic E-state index is 4.19. The molecule has 4 heteroatoms. The molecule has 0 bridgehead atoms. The number of anilines is 1. The quantitative estimate of drug-likeness (QED) is 0.621. The summed E-state index contributed by atoms with van der Waals surface area (Å²) >= 11 is 0. The van der Waals surface area contributed by atoms with E-state index in [1.807, 2.05) is 13.0 Å². The monoisotopic (exact) mass is 248 g/mol. The van der Waals surface area contributed by atoms with Crippen molar-refractivity contribution in [2.45, 2.75) is 51.5 Å². The van der Waals surface area contributed by atoms with E-state index in [2.05, 4.69) is 20.6 Å². The zero-order chi connectivity index (χ0) is 12.6. The van der Waals surface area contributed by atoms with Gasteiger partial charge in [-0.3, -0.25) is 0 Å². The zero-order valence-corrected chi connectivity index (χ0v) is 11.3. The average molecular weight is 248 g/mol. The molecule has 1 heterocycles. The predicted molar refractivity (Wildman–Crippen MR) is 74.8 cm³/mol. The molecule has 2 N–H and O–H groups in total. The third-order valence-electron chi connectivity index (χ3n) is 3.52. The number of nitrogens with zero attached hydrogens (tertiary/aromatic N) is 2. The molecule has 0 unspecified atom stereocenters. The Hall–Kier alpha value is -1.16. The molecule has 1 aromatic rings. The van der Waals surface area contributed by atoms with Gasteiger partial charge in [0.25, 0.3) is 0 Å². The Kier molecular flexibility index (Phi) is 5.39. The molecular weight excluding hydrogens is 224 g/mol. The summed E-state index contributed by atoms with van der Waals surface area (Å²) in [7, 11) is 0. The number of rotatable bonds is 5. The van der Waals surface area contributed by atoms with Crippen LogP contribution in [0, 0.1) is 6.92 Å². The second-order valence-corrected chi connectivity index (χ2v) is 5.11. The molecule has 1 saturated carbocycles. The summed E-state index contributed by atoms with van der Waals surface area (Å²) in [4.78, 5) is 8.27. The minimum atomic E-state index is 0.724. The Morgan fingerprint density at radius 3 is 2.61 bits per heavy atom. The average Bonchev–Trinajstić information content (AvgIpc) is 2.63. The first-order valence-corrected chi connectivity index (χ1v) is 7.10. The lowest BCUT2D eigenvalue weighted by Crippen LogP contribution is -2.32. The first kappa shape index (κ1) is 13.3. The normalized spacial score (nSPS) is 17.4. The number of hydrogen-bond donors (Lipinski definition) is 2. The molecule has 1 aromatic heterocycles. The Morgan fingerprint density at radius 2 is 1.89 bits per heavy atom. The topological polar surface area (TPSA) is 49.8 Å². The van der Waals surface area contributed by atoms with Crippen molar-refractivity contribution in [2.24, 2.45) is 0 Å². The fraction of sp³-hybridized carbons (Fsp3) is 0.714. The summed E-state index contributed by atoms with van der Waals surface area (Å²) in [5.41, 5.74) is 1.00. The number of aromatic nitrogens is 2. The van der Waals surface area contributed by atoms with Gasteiger partial charge in [0.05, 0.1) is 0 Å². The number of hydrogen-bond acceptors (Lipinski definition) is 4. The van der Waals surface area contributed by atoms with Crippen LogP contribution in [0.4, 0.5) is 5.82 Å². The molecule has 2 rings (SSSR count). The molecule has 0 atom stereocenters. The minimum Gasteiger partial charge on any atom is -0.369 e. The first-order valence-electron chi connectivity index (χ1n) is 7.10. The lowest BCUT2D eigenvalue weighted by molar-refractivity contribution is 0.468. The van der Waals surface area contributed by atoms with Crippen molar-refractivity contribution < 1.29 is 0 Å². The highest BCUT2D eigenvalue weighted by Crippen LogP contribution is 2.16. The molecule has 4 nitrogen and oxygen atoms in total. The van der Waals surface area contributed by atoms with Crippen molar-refractivity contribution in [2.75, 3.05) is 18.4 Å². The maximum Gasteiger partial charge on any atom is 0.129 e. The molecule has 0 aromatic carbocycles. The Balaban J connectivity index is 1.63. The van der Waals surface area contributed by atoms with E-state index in [1.165, 1.54) is 38.5 Å². The zero-order valence-electron chi connectivity index (χ0n) is 11.3. The van der Waals surface area contributed by atoms with Gasteiger partial charge in [-0.1, -0.05) is 25.7 Å². The lowest BCUT2D eigenvalue weighted by Gasteiger charge is -2.16. The summed E-state index contributed by atoms with van der Waals surface area (Å²) in [6.07, 6.45) is 9.88. The summed E-state index contributed by atoms with van der Waals surface area (Å²) < 4.78 is 0. The summed E-state index contributed by atoms with van der Waals surface area (Å²) in [6.45, 7) is 3.91. The second-order valence-electron chi connectivity index (χ2n) is 5.11. The van der Waals surface area contributed by atoms with Gasteiger partial charge in [-0.05, 0) is 19.8 Å². The lowest BCUT2D eigenvalue weighted by atomic mass is 10.1. The molecule has 0 amide bonds. The second kappa shape index (κ2) is 7.31. The van der Waals surface area contributed by atoms with Crippen LogP contribution in [-0.4, -0.2) is 29.1 Å². The van der Waals surface area contributed by atoms with Gasteiger partial charge in [0.2, 0.25) is 0 Å². The van der Waals surface area contributed by atoms with Crippen molar-refractivity contribution in [3.05, 3.63) is 18.1 Å². The van der Waals surface area contributed by atoms with Gasteiger partial charge >= 0.3 is 0 Å². The molecule has 1 aliphatic rings. The molecule has 18 heavy (non-hydrogen) atoms. The van der Waals surface area contributed by atoms with Gasteiger partial charge in [0.1, 0.15) is 12.1 Å². The van der Waals surface area contributed by atoms with Crippen LogP contribution in [0.25, 0.3) is 0 Å². The fourth-order valence-electron chi connectivity index (χ4n) is 2.50. The number of nitrogens with one attached hydrogen (secondary N) is 2. The van der Waals surface area contributed by atoms with Gasteiger partial charge < -0.3 is 10.6 Å². The van der Waals surface area contributed by atoms with E-state index in [9.17, 15) is 0 Å². The van der Waals surface area contributed by atoms with Crippen molar-refractivity contribution in [3.8, 4) is 0 Å². The molecule has 0 radical (unpaired) electrons. The van der Waals surface area contributed by atoms with Crippen LogP contribution >= 0.6 is 0 Å². The van der Waals surface area contributed by atoms with E-state index in [4.69, 9.17) is 0 Å². The third-order valence-corrected chi connectivity index (χ3v) is 3.52. The van der Waals surface area contributed by atoms with Gasteiger partial charge in [0, 0.05) is 30.9 Å². The highest BCUT2D eigenvalue weighted by molar-refractivity contribution is 5.34. The number of aryl methyl sites for hydroxylation is 1. The van der Waals surface area contributed by atoms with Gasteiger partial charge in [-0.15, -0.1) is 0 Å². The molecule has 1 aliphatic carbocycles. The van der Waals surface area contributed by atoms with Gasteiger partial charge in [-0.25, -0.2) is 9.97 Å². The van der Waals surface area contributed by atoms with E-state index in [1.54, 1.807) is 6.33 Å². The molecule has 100 valence electrons. The van der Waals surface area contributed by atoms with Crippen LogP contribution < -0.4 is 10.6 Å². The van der Waals surface area contributed by atoms with Gasteiger partial charge in [-0.2, -0.15) is 0 Å². The smallest absolute Gasteiger partial charge is 0.129 e. The van der Waals surface area contributed by atoms with E-state index >= 15 is 0 Å².